The highest BCUT2D eigenvalue weighted by molar-refractivity contribution is 4.66. The summed E-state index contributed by atoms with van der Waals surface area (Å²) in [5.41, 5.74) is 0. The summed E-state index contributed by atoms with van der Waals surface area (Å²) >= 11 is 0. The van der Waals surface area contributed by atoms with Gasteiger partial charge in [0.05, 0.1) is 6.61 Å². The van der Waals surface area contributed by atoms with E-state index in [1.807, 2.05) is 7.05 Å². The third-order valence-electron chi connectivity index (χ3n) is 2.12. The fourth-order valence-corrected chi connectivity index (χ4v) is 1.07. The molecule has 0 saturated heterocycles. The van der Waals surface area contributed by atoms with Gasteiger partial charge in [0, 0.05) is 12.6 Å². The van der Waals surface area contributed by atoms with Crippen LogP contribution in [0.15, 0.2) is 0 Å². The van der Waals surface area contributed by atoms with Crippen LogP contribution in [0.3, 0.4) is 0 Å². The first-order valence-corrected chi connectivity index (χ1v) is 4.97. The predicted molar refractivity (Wildman–Crippen MR) is 53.4 cm³/mol. The molecule has 0 aromatic rings. The topological polar surface area (TPSA) is 21.3 Å². The molecule has 0 aliphatic carbocycles. The van der Waals surface area contributed by atoms with Crippen molar-refractivity contribution in [3.63, 3.8) is 0 Å². The second-order valence-corrected chi connectivity index (χ2v) is 3.57. The molecule has 1 unspecified atom stereocenters. The molecule has 2 heteroatoms. The minimum atomic E-state index is 0.502. The van der Waals surface area contributed by atoms with Gasteiger partial charge in [-0.3, -0.25) is 0 Å². The second kappa shape index (κ2) is 7.56. The smallest absolute Gasteiger partial charge is 0.0621 e. The van der Waals surface area contributed by atoms with Crippen LogP contribution in [0, 0.1) is 5.92 Å². The summed E-state index contributed by atoms with van der Waals surface area (Å²) in [5.74, 6) is 0.650. The van der Waals surface area contributed by atoms with Gasteiger partial charge in [-0.2, -0.15) is 0 Å². The number of hydrogen-bond acceptors (Lipinski definition) is 2. The quantitative estimate of drug-likeness (QED) is 0.595. The van der Waals surface area contributed by atoms with E-state index in [1.54, 1.807) is 0 Å². The van der Waals surface area contributed by atoms with Crippen molar-refractivity contribution in [1.82, 2.24) is 5.32 Å². The molecule has 0 rings (SSSR count). The van der Waals surface area contributed by atoms with E-state index in [1.165, 1.54) is 12.8 Å². The van der Waals surface area contributed by atoms with Gasteiger partial charge in [0.2, 0.25) is 0 Å². The van der Waals surface area contributed by atoms with Gasteiger partial charge in [0.1, 0.15) is 0 Å². The first kappa shape index (κ1) is 11.9. The Bertz CT molecular complexity index is 93.8. The van der Waals surface area contributed by atoms with Crippen LogP contribution >= 0.6 is 0 Å². The van der Waals surface area contributed by atoms with E-state index in [4.69, 9.17) is 4.74 Å². The van der Waals surface area contributed by atoms with Gasteiger partial charge < -0.3 is 10.1 Å². The van der Waals surface area contributed by atoms with Gasteiger partial charge in [-0.1, -0.05) is 27.2 Å². The average molecular weight is 173 g/mol. The Morgan fingerprint density at radius 1 is 1.33 bits per heavy atom. The van der Waals surface area contributed by atoms with Gasteiger partial charge in [-0.25, -0.2) is 0 Å². The normalized spacial score (nSPS) is 13.8. The van der Waals surface area contributed by atoms with Crippen molar-refractivity contribution < 1.29 is 4.74 Å². The molecule has 1 N–H and O–H groups in total. The van der Waals surface area contributed by atoms with Crippen molar-refractivity contribution in [1.29, 1.82) is 0 Å². The molecule has 0 heterocycles. The van der Waals surface area contributed by atoms with Crippen molar-refractivity contribution in [2.24, 2.45) is 5.92 Å². The number of rotatable bonds is 7. The van der Waals surface area contributed by atoms with Crippen LogP contribution in [0.2, 0.25) is 0 Å². The molecule has 0 fully saturated rings. The Kier molecular flexibility index (Phi) is 7.51. The lowest BCUT2D eigenvalue weighted by Gasteiger charge is -2.19. The molecule has 0 radical (unpaired) electrons. The highest BCUT2D eigenvalue weighted by atomic mass is 16.5. The lowest BCUT2D eigenvalue weighted by Crippen LogP contribution is -2.35. The third-order valence-corrected chi connectivity index (χ3v) is 2.12. The molecule has 0 amide bonds. The van der Waals surface area contributed by atoms with Crippen molar-refractivity contribution in [2.45, 2.75) is 39.7 Å². The number of hydrogen-bond donors (Lipinski definition) is 1. The molecule has 12 heavy (non-hydrogen) atoms. The monoisotopic (exact) mass is 173 g/mol. The van der Waals surface area contributed by atoms with Gasteiger partial charge in [0.25, 0.3) is 0 Å². The largest absolute Gasteiger partial charge is 0.380 e. The van der Waals surface area contributed by atoms with Crippen molar-refractivity contribution in [2.75, 3.05) is 20.3 Å². The molecule has 1 atom stereocenters. The number of likely N-dealkylation sites (N-methyl/N-ethyl adjacent to an activating group) is 1. The van der Waals surface area contributed by atoms with Crippen molar-refractivity contribution in [3.8, 4) is 0 Å². The summed E-state index contributed by atoms with van der Waals surface area (Å²) in [5, 5.41) is 3.25. The number of unbranched alkanes of at least 4 members (excludes halogenated alkanes) is 1. The van der Waals surface area contributed by atoms with E-state index in [0.717, 1.165) is 13.2 Å². The zero-order chi connectivity index (χ0) is 9.40. The van der Waals surface area contributed by atoms with Crippen LogP contribution in [-0.2, 0) is 4.74 Å². The highest BCUT2D eigenvalue weighted by Crippen LogP contribution is 2.01. The van der Waals surface area contributed by atoms with Crippen molar-refractivity contribution >= 4 is 0 Å². The summed E-state index contributed by atoms with van der Waals surface area (Å²) in [4.78, 5) is 0. The van der Waals surface area contributed by atoms with E-state index < -0.39 is 0 Å². The minimum absolute atomic E-state index is 0.502. The van der Waals surface area contributed by atoms with Gasteiger partial charge in [-0.05, 0) is 19.4 Å². The van der Waals surface area contributed by atoms with Gasteiger partial charge in [-0.15, -0.1) is 0 Å². The Balaban J connectivity index is 3.32. The molecule has 0 bridgehead atoms. The molecule has 74 valence electrons. The summed E-state index contributed by atoms with van der Waals surface area (Å²) in [6, 6.07) is 0.502. The SMILES string of the molecule is CCCCOCC(NC)C(C)C. The fraction of sp³-hybridized carbons (Fsp3) is 1.00. The fourth-order valence-electron chi connectivity index (χ4n) is 1.07. The van der Waals surface area contributed by atoms with E-state index in [2.05, 4.69) is 26.1 Å². The molecule has 0 aliphatic rings. The summed E-state index contributed by atoms with van der Waals surface area (Å²) in [6.07, 6.45) is 2.39. The van der Waals surface area contributed by atoms with Crippen LogP contribution in [-0.4, -0.2) is 26.3 Å². The van der Waals surface area contributed by atoms with Crippen LogP contribution in [0.4, 0.5) is 0 Å². The van der Waals surface area contributed by atoms with Crippen LogP contribution in [0.25, 0.3) is 0 Å². The van der Waals surface area contributed by atoms with Crippen molar-refractivity contribution in [3.05, 3.63) is 0 Å². The lowest BCUT2D eigenvalue weighted by atomic mass is 10.1. The van der Waals surface area contributed by atoms with Gasteiger partial charge >= 0.3 is 0 Å². The average Bonchev–Trinajstić information content (AvgIpc) is 2.04. The lowest BCUT2D eigenvalue weighted by molar-refractivity contribution is 0.0984. The summed E-state index contributed by atoms with van der Waals surface area (Å²) < 4.78 is 5.53. The van der Waals surface area contributed by atoms with Crippen LogP contribution < -0.4 is 5.32 Å². The van der Waals surface area contributed by atoms with E-state index in [0.29, 0.717) is 12.0 Å². The highest BCUT2D eigenvalue weighted by Gasteiger charge is 2.09. The molecular formula is C10H23NO. The molecule has 0 saturated carbocycles. The zero-order valence-electron chi connectivity index (χ0n) is 8.89. The van der Waals surface area contributed by atoms with Crippen LogP contribution in [0.5, 0.6) is 0 Å². The zero-order valence-corrected chi connectivity index (χ0v) is 8.89. The molecule has 0 aliphatic heterocycles. The summed E-state index contributed by atoms with van der Waals surface area (Å²) in [7, 11) is 1.99. The van der Waals surface area contributed by atoms with E-state index >= 15 is 0 Å². The van der Waals surface area contributed by atoms with Crippen LogP contribution in [0.1, 0.15) is 33.6 Å². The van der Waals surface area contributed by atoms with Gasteiger partial charge in [0.15, 0.2) is 0 Å². The molecule has 0 spiro atoms. The second-order valence-electron chi connectivity index (χ2n) is 3.57. The Morgan fingerprint density at radius 3 is 2.42 bits per heavy atom. The third kappa shape index (κ3) is 5.56. The molecule has 0 aromatic heterocycles. The number of ether oxygens (including phenoxy) is 1. The molecule has 0 aromatic carbocycles. The Labute approximate surface area is 76.7 Å². The minimum Gasteiger partial charge on any atom is -0.380 e. The predicted octanol–water partition coefficient (Wildman–Crippen LogP) is 2.05. The standard InChI is InChI=1S/C10H23NO/c1-5-6-7-12-8-10(11-4)9(2)3/h9-11H,5-8H2,1-4H3. The maximum absolute atomic E-state index is 5.53. The Hall–Kier alpha value is -0.0800. The maximum Gasteiger partial charge on any atom is 0.0621 e. The van der Waals surface area contributed by atoms with E-state index in [-0.39, 0.29) is 0 Å². The summed E-state index contributed by atoms with van der Waals surface area (Å²) in [6.45, 7) is 8.35. The Morgan fingerprint density at radius 2 is 2.00 bits per heavy atom. The molecular weight excluding hydrogens is 150 g/mol. The number of nitrogens with one attached hydrogen (secondary N) is 1. The first-order chi connectivity index (χ1) is 5.72. The first-order valence-electron chi connectivity index (χ1n) is 4.97. The maximum atomic E-state index is 5.53. The van der Waals surface area contributed by atoms with E-state index in [9.17, 15) is 0 Å². The molecule has 2 nitrogen and oxygen atoms in total.